The van der Waals surface area contributed by atoms with Gasteiger partial charge in [0.05, 0.1) is 41.7 Å². The third-order valence-corrected chi connectivity index (χ3v) is 6.73. The van der Waals surface area contributed by atoms with Crippen molar-refractivity contribution in [2.45, 2.75) is 12.3 Å². The predicted octanol–water partition coefficient (Wildman–Crippen LogP) is 5.72. The monoisotopic (exact) mass is 495 g/mol. The van der Waals surface area contributed by atoms with Crippen molar-refractivity contribution in [3.8, 4) is 22.6 Å². The number of rotatable bonds is 6. The van der Waals surface area contributed by atoms with Gasteiger partial charge in [-0.1, -0.05) is 23.7 Å². The van der Waals surface area contributed by atoms with E-state index in [9.17, 15) is 19.4 Å². The molecule has 35 heavy (non-hydrogen) atoms. The SMILES string of the molecule is COCC1(c2c(-c3ccc(C(=O)O)cc3)c3c(O)cc(Cl)cc3n2-c2ccc(F)c(C)c2)COC1. The normalized spacial score (nSPS) is 14.7. The molecule has 1 aliphatic heterocycles. The first-order chi connectivity index (χ1) is 16.8. The number of halogens is 2. The van der Waals surface area contributed by atoms with E-state index >= 15 is 0 Å². The molecule has 0 unspecified atom stereocenters. The molecule has 1 aromatic heterocycles. The van der Waals surface area contributed by atoms with Crippen LogP contribution in [0.25, 0.3) is 27.7 Å². The molecule has 2 N–H and O–H groups in total. The Morgan fingerprint density at radius 2 is 1.89 bits per heavy atom. The molecule has 0 bridgehead atoms. The molecule has 2 heterocycles. The molecule has 0 amide bonds. The van der Waals surface area contributed by atoms with Crippen LogP contribution in [0.1, 0.15) is 21.6 Å². The van der Waals surface area contributed by atoms with Gasteiger partial charge < -0.3 is 24.3 Å². The number of aromatic carboxylic acids is 1. The van der Waals surface area contributed by atoms with Crippen LogP contribution in [0.5, 0.6) is 5.75 Å². The number of methoxy groups -OCH3 is 1. The Labute approximate surface area is 206 Å². The van der Waals surface area contributed by atoms with Gasteiger partial charge in [0.2, 0.25) is 0 Å². The van der Waals surface area contributed by atoms with Gasteiger partial charge in [0.1, 0.15) is 11.6 Å². The highest BCUT2D eigenvalue weighted by Crippen LogP contribution is 2.49. The number of ether oxygens (including phenoxy) is 2. The average Bonchev–Trinajstić information content (AvgIpc) is 3.13. The van der Waals surface area contributed by atoms with Crippen LogP contribution in [0.2, 0.25) is 5.02 Å². The molecule has 0 radical (unpaired) electrons. The maximum atomic E-state index is 14.2. The van der Waals surface area contributed by atoms with Crippen LogP contribution < -0.4 is 0 Å². The van der Waals surface area contributed by atoms with E-state index in [2.05, 4.69) is 0 Å². The molecule has 1 aliphatic rings. The second-order valence-corrected chi connectivity index (χ2v) is 9.34. The molecule has 3 aromatic carbocycles. The highest BCUT2D eigenvalue weighted by atomic mass is 35.5. The summed E-state index contributed by atoms with van der Waals surface area (Å²) in [5, 5.41) is 21.4. The minimum atomic E-state index is -1.03. The van der Waals surface area contributed by atoms with Crippen LogP contribution in [0.3, 0.4) is 0 Å². The summed E-state index contributed by atoms with van der Waals surface area (Å²) in [5.74, 6) is -1.37. The molecule has 1 saturated heterocycles. The lowest BCUT2D eigenvalue weighted by Crippen LogP contribution is -2.51. The molecule has 1 fully saturated rings. The van der Waals surface area contributed by atoms with Crippen molar-refractivity contribution in [2.24, 2.45) is 0 Å². The molecular formula is C27H23ClFNO5. The maximum Gasteiger partial charge on any atom is 0.335 e. The first-order valence-electron chi connectivity index (χ1n) is 11.0. The van der Waals surface area contributed by atoms with Crippen LogP contribution in [0.15, 0.2) is 54.6 Å². The molecule has 0 spiro atoms. The Morgan fingerprint density at radius 1 is 1.17 bits per heavy atom. The number of aromatic hydroxyl groups is 1. The lowest BCUT2D eigenvalue weighted by Gasteiger charge is -2.42. The Kier molecular flexibility index (Phi) is 5.79. The van der Waals surface area contributed by atoms with Crippen LogP contribution in [-0.2, 0) is 14.9 Å². The highest BCUT2D eigenvalue weighted by molar-refractivity contribution is 6.31. The Morgan fingerprint density at radius 3 is 2.46 bits per heavy atom. The zero-order valence-electron chi connectivity index (χ0n) is 19.1. The van der Waals surface area contributed by atoms with Crippen molar-refractivity contribution in [3.63, 3.8) is 0 Å². The van der Waals surface area contributed by atoms with Crippen molar-refractivity contribution in [2.75, 3.05) is 26.9 Å². The summed E-state index contributed by atoms with van der Waals surface area (Å²) >= 11 is 6.38. The van der Waals surface area contributed by atoms with Gasteiger partial charge in [-0.2, -0.15) is 0 Å². The highest BCUT2D eigenvalue weighted by Gasteiger charge is 2.46. The van der Waals surface area contributed by atoms with Gasteiger partial charge in [-0.3, -0.25) is 0 Å². The van der Waals surface area contributed by atoms with Crippen molar-refractivity contribution >= 4 is 28.5 Å². The number of benzene rings is 3. The minimum Gasteiger partial charge on any atom is -0.507 e. The first kappa shape index (κ1) is 23.4. The summed E-state index contributed by atoms with van der Waals surface area (Å²) in [5.41, 5.74) is 3.64. The minimum absolute atomic E-state index is 0.0172. The van der Waals surface area contributed by atoms with Gasteiger partial charge in [0.25, 0.3) is 0 Å². The van der Waals surface area contributed by atoms with E-state index in [1.807, 2.05) is 4.57 Å². The van der Waals surface area contributed by atoms with Crippen molar-refractivity contribution in [3.05, 3.63) is 82.3 Å². The molecule has 5 rings (SSSR count). The first-order valence-corrected chi connectivity index (χ1v) is 11.4. The van der Waals surface area contributed by atoms with Crippen LogP contribution in [0.4, 0.5) is 4.39 Å². The molecular weight excluding hydrogens is 473 g/mol. The van der Waals surface area contributed by atoms with Gasteiger partial charge in [0.15, 0.2) is 0 Å². The van der Waals surface area contributed by atoms with Gasteiger partial charge in [-0.25, -0.2) is 9.18 Å². The third kappa shape index (κ3) is 3.76. The molecule has 8 heteroatoms. The summed E-state index contributed by atoms with van der Waals surface area (Å²) < 4.78 is 27.4. The molecule has 0 aliphatic carbocycles. The van der Waals surface area contributed by atoms with Crippen LogP contribution >= 0.6 is 11.6 Å². The largest absolute Gasteiger partial charge is 0.507 e. The number of hydrogen-bond acceptors (Lipinski definition) is 4. The number of hydrogen-bond donors (Lipinski definition) is 2. The van der Waals surface area contributed by atoms with E-state index in [0.29, 0.717) is 58.1 Å². The van der Waals surface area contributed by atoms with Gasteiger partial charge in [0, 0.05) is 29.1 Å². The van der Waals surface area contributed by atoms with E-state index in [1.54, 1.807) is 44.4 Å². The molecule has 0 atom stereocenters. The predicted molar refractivity (Wildman–Crippen MR) is 131 cm³/mol. The zero-order chi connectivity index (χ0) is 24.9. The topological polar surface area (TPSA) is 80.9 Å². The van der Waals surface area contributed by atoms with Gasteiger partial charge in [-0.15, -0.1) is 0 Å². The van der Waals surface area contributed by atoms with Crippen LogP contribution in [-0.4, -0.2) is 47.7 Å². The maximum absolute atomic E-state index is 14.2. The molecule has 6 nitrogen and oxygen atoms in total. The van der Waals surface area contributed by atoms with E-state index in [-0.39, 0.29) is 17.1 Å². The van der Waals surface area contributed by atoms with E-state index < -0.39 is 11.4 Å². The number of aromatic nitrogens is 1. The standard InChI is InChI=1S/C27H23ClFNO5/c1-15-9-19(7-8-20(15)29)30-21-10-18(28)11-22(31)24(21)23(16-3-5-17(6-4-16)26(32)33)25(30)27(12-34-2)13-35-14-27/h3-11,31H,12-14H2,1-2H3,(H,32,33). The van der Waals surface area contributed by atoms with Gasteiger partial charge >= 0.3 is 5.97 Å². The van der Waals surface area contributed by atoms with Crippen molar-refractivity contribution < 1.29 is 28.9 Å². The summed E-state index contributed by atoms with van der Waals surface area (Å²) in [6.07, 6.45) is 0. The summed E-state index contributed by atoms with van der Waals surface area (Å²) in [6, 6.07) is 14.6. The lowest BCUT2D eigenvalue weighted by atomic mass is 9.79. The summed E-state index contributed by atoms with van der Waals surface area (Å²) in [6.45, 7) is 2.80. The van der Waals surface area contributed by atoms with E-state index in [1.165, 1.54) is 24.3 Å². The van der Waals surface area contributed by atoms with E-state index in [4.69, 9.17) is 21.1 Å². The number of nitrogens with zero attached hydrogens (tertiary/aromatic N) is 1. The number of phenolic OH excluding ortho intramolecular Hbond substituents is 1. The van der Waals surface area contributed by atoms with E-state index in [0.717, 1.165) is 5.69 Å². The van der Waals surface area contributed by atoms with Gasteiger partial charge in [-0.05, 0) is 60.5 Å². The second-order valence-electron chi connectivity index (χ2n) is 8.90. The lowest BCUT2D eigenvalue weighted by molar-refractivity contribution is -0.0938. The fourth-order valence-corrected chi connectivity index (χ4v) is 5.08. The second kappa shape index (κ2) is 8.68. The number of carboxylic acid groups (broad SMARTS) is 1. The molecule has 180 valence electrons. The number of carbonyl (C=O) groups is 1. The van der Waals surface area contributed by atoms with Crippen molar-refractivity contribution in [1.29, 1.82) is 0 Å². The summed E-state index contributed by atoms with van der Waals surface area (Å²) in [7, 11) is 1.62. The average molecular weight is 496 g/mol. The Bertz CT molecular complexity index is 1460. The number of fused-ring (bicyclic) bond motifs is 1. The molecule has 0 saturated carbocycles. The Balaban J connectivity index is 1.94. The quantitative estimate of drug-likeness (QED) is 0.358. The number of aryl methyl sites for hydroxylation is 1. The third-order valence-electron chi connectivity index (χ3n) is 6.51. The smallest absolute Gasteiger partial charge is 0.335 e. The van der Waals surface area contributed by atoms with Crippen molar-refractivity contribution in [1.82, 2.24) is 4.57 Å². The zero-order valence-corrected chi connectivity index (χ0v) is 19.9. The fourth-order valence-electron chi connectivity index (χ4n) is 4.87. The number of phenols is 1. The van der Waals surface area contributed by atoms with Crippen LogP contribution in [0, 0.1) is 12.7 Å². The summed E-state index contributed by atoms with van der Waals surface area (Å²) in [4.78, 5) is 11.4. The fraction of sp³-hybridized carbons (Fsp3) is 0.222. The Hall–Kier alpha value is -3.39. The molecule has 4 aromatic rings. The number of carboxylic acids is 1.